The fraction of sp³-hybridized carbons (Fsp3) is 0.111. The van der Waals surface area contributed by atoms with Crippen molar-refractivity contribution < 1.29 is 20.4 Å². The van der Waals surface area contributed by atoms with Crippen molar-refractivity contribution in [2.24, 2.45) is 0 Å². The number of rotatable bonds is 5. The van der Waals surface area contributed by atoms with Gasteiger partial charge in [-0.3, -0.25) is 0 Å². The van der Waals surface area contributed by atoms with Gasteiger partial charge in [0.15, 0.2) is 0 Å². The molecule has 0 bridgehead atoms. The molecule has 0 aromatic heterocycles. The molecule has 4 aromatic carbocycles. The van der Waals surface area contributed by atoms with Crippen LogP contribution in [-0.2, 0) is 20.4 Å². The first-order valence-corrected chi connectivity index (χ1v) is 12.4. The van der Waals surface area contributed by atoms with Crippen molar-refractivity contribution in [3.05, 3.63) is 121 Å². The maximum absolute atomic E-state index is 2.31. The van der Waals surface area contributed by atoms with Crippen LogP contribution >= 0.6 is 16.5 Å². The van der Waals surface area contributed by atoms with Gasteiger partial charge in [-0.2, -0.15) is 0 Å². The van der Waals surface area contributed by atoms with Crippen molar-refractivity contribution >= 4 is 37.7 Å². The SMILES string of the molecule is CC(C)P(c1ccccc1)c1ccccc1.[Pd].c1ccc(Pc2ccccc2)cc1. The zero-order valence-electron chi connectivity index (χ0n) is 17.4. The maximum atomic E-state index is 2.31. The van der Waals surface area contributed by atoms with Gasteiger partial charge in [-0.05, 0) is 34.8 Å². The fourth-order valence-electron chi connectivity index (χ4n) is 3.13. The molecule has 0 spiro atoms. The van der Waals surface area contributed by atoms with Crippen LogP contribution in [0.25, 0.3) is 0 Å². The Hall–Kier alpha value is -1.60. The van der Waals surface area contributed by atoms with Crippen LogP contribution in [0.3, 0.4) is 0 Å². The minimum Gasteiger partial charge on any atom is -0.0622 e. The van der Waals surface area contributed by atoms with Crippen molar-refractivity contribution in [3.8, 4) is 0 Å². The van der Waals surface area contributed by atoms with Crippen LogP contribution in [0, 0.1) is 0 Å². The summed E-state index contributed by atoms with van der Waals surface area (Å²) in [5, 5.41) is 5.74. The first-order chi connectivity index (χ1) is 14.2. The Morgan fingerprint density at radius 3 is 1.10 bits per heavy atom. The van der Waals surface area contributed by atoms with Gasteiger partial charge in [-0.25, -0.2) is 0 Å². The van der Waals surface area contributed by atoms with E-state index in [9.17, 15) is 0 Å². The van der Waals surface area contributed by atoms with Crippen molar-refractivity contribution in [3.63, 3.8) is 0 Å². The molecule has 4 rings (SSSR count). The summed E-state index contributed by atoms with van der Waals surface area (Å²) in [6, 6.07) is 42.9. The van der Waals surface area contributed by atoms with Gasteiger partial charge in [0.1, 0.15) is 0 Å². The van der Waals surface area contributed by atoms with Gasteiger partial charge in [0.2, 0.25) is 0 Å². The maximum Gasteiger partial charge on any atom is 0 e. The minimum atomic E-state index is -0.210. The van der Waals surface area contributed by atoms with Crippen molar-refractivity contribution in [1.29, 1.82) is 0 Å². The average molecular weight is 521 g/mol. The topological polar surface area (TPSA) is 0 Å². The first-order valence-electron chi connectivity index (χ1n) is 10.0. The van der Waals surface area contributed by atoms with Gasteiger partial charge in [0.05, 0.1) is 0 Å². The van der Waals surface area contributed by atoms with Crippen LogP contribution in [0.4, 0.5) is 0 Å². The van der Waals surface area contributed by atoms with Crippen LogP contribution < -0.4 is 21.2 Å². The molecule has 0 aliphatic heterocycles. The van der Waals surface area contributed by atoms with Gasteiger partial charge < -0.3 is 0 Å². The minimum absolute atomic E-state index is 0. The molecule has 3 heteroatoms. The van der Waals surface area contributed by atoms with Crippen LogP contribution in [0.15, 0.2) is 121 Å². The second-order valence-corrected chi connectivity index (χ2v) is 11.2. The van der Waals surface area contributed by atoms with Crippen LogP contribution in [0.1, 0.15) is 13.8 Å². The van der Waals surface area contributed by atoms with Gasteiger partial charge in [0, 0.05) is 20.4 Å². The predicted octanol–water partition coefficient (Wildman–Crippen LogP) is 5.84. The molecule has 0 amide bonds. The molecule has 30 heavy (non-hydrogen) atoms. The molecule has 0 heterocycles. The summed E-state index contributed by atoms with van der Waals surface area (Å²) in [6.45, 7) is 4.62. The van der Waals surface area contributed by atoms with Crippen LogP contribution in [0.5, 0.6) is 0 Å². The molecule has 0 unspecified atom stereocenters. The molecule has 0 nitrogen and oxygen atoms in total. The Kier molecular flexibility index (Phi) is 11.2. The molecule has 0 radical (unpaired) electrons. The largest absolute Gasteiger partial charge is 0.0622 e. The molecule has 0 N–H and O–H groups in total. The van der Waals surface area contributed by atoms with E-state index >= 15 is 0 Å². The summed E-state index contributed by atoms with van der Waals surface area (Å²) in [4.78, 5) is 0. The number of hydrogen-bond donors (Lipinski definition) is 0. The van der Waals surface area contributed by atoms with E-state index in [4.69, 9.17) is 0 Å². The molecular formula is C27H28P2Pd. The summed E-state index contributed by atoms with van der Waals surface area (Å²) in [5.74, 6) is 0. The smallest absolute Gasteiger partial charge is 0 e. The van der Waals surface area contributed by atoms with Gasteiger partial charge in [-0.1, -0.05) is 144 Å². The second kappa shape index (κ2) is 13.7. The molecule has 0 saturated heterocycles. The standard InChI is InChI=1S/C15H17P.C12H11P.Pd/c1-13(2)16(14-9-5-3-6-10-14)15-11-7-4-8-12-15;1-3-7-11(8-4-1)13-12-9-5-2-6-10-12;/h3-13H,1-2H3;1-10,13H;. The predicted molar refractivity (Wildman–Crippen MR) is 135 cm³/mol. The van der Waals surface area contributed by atoms with E-state index in [0.29, 0.717) is 5.66 Å². The molecule has 0 saturated carbocycles. The third kappa shape index (κ3) is 7.91. The Bertz CT molecular complexity index is 866. The third-order valence-corrected chi connectivity index (χ3v) is 8.41. The molecular weight excluding hydrogens is 493 g/mol. The molecule has 0 atom stereocenters. The second-order valence-electron chi connectivity index (χ2n) is 6.99. The zero-order chi connectivity index (χ0) is 20.3. The molecule has 0 aliphatic rings. The molecule has 4 aromatic rings. The van der Waals surface area contributed by atoms with Gasteiger partial charge in [-0.15, -0.1) is 0 Å². The summed E-state index contributed by atoms with van der Waals surface area (Å²) in [7, 11) is 0.567. The number of hydrogen-bond acceptors (Lipinski definition) is 0. The van der Waals surface area contributed by atoms with E-state index in [1.807, 2.05) is 0 Å². The Labute approximate surface area is 198 Å². The molecule has 156 valence electrons. The van der Waals surface area contributed by atoms with E-state index in [2.05, 4.69) is 135 Å². The van der Waals surface area contributed by atoms with E-state index < -0.39 is 0 Å². The average Bonchev–Trinajstić information content (AvgIpc) is 2.77. The van der Waals surface area contributed by atoms with Gasteiger partial charge >= 0.3 is 0 Å². The van der Waals surface area contributed by atoms with E-state index in [-0.39, 0.29) is 28.3 Å². The van der Waals surface area contributed by atoms with Crippen molar-refractivity contribution in [1.82, 2.24) is 0 Å². The van der Waals surface area contributed by atoms with E-state index in [0.717, 1.165) is 8.58 Å². The van der Waals surface area contributed by atoms with Crippen LogP contribution in [-0.4, -0.2) is 5.66 Å². The monoisotopic (exact) mass is 520 g/mol. The summed E-state index contributed by atoms with van der Waals surface area (Å²) >= 11 is 0. The molecule has 0 fully saturated rings. The van der Waals surface area contributed by atoms with Gasteiger partial charge in [0.25, 0.3) is 0 Å². The normalized spacial score (nSPS) is 10.1. The quantitative estimate of drug-likeness (QED) is 0.229. The molecule has 0 aliphatic carbocycles. The van der Waals surface area contributed by atoms with E-state index in [1.54, 1.807) is 0 Å². The Morgan fingerprint density at radius 2 is 0.800 bits per heavy atom. The van der Waals surface area contributed by atoms with E-state index in [1.165, 1.54) is 21.2 Å². The summed E-state index contributed by atoms with van der Waals surface area (Å²) in [5.41, 5.74) is 0.680. The number of benzene rings is 4. The van der Waals surface area contributed by atoms with Crippen LogP contribution in [0.2, 0.25) is 0 Å². The zero-order valence-corrected chi connectivity index (χ0v) is 20.8. The summed E-state index contributed by atoms with van der Waals surface area (Å²) < 4.78 is 0. The Morgan fingerprint density at radius 1 is 0.500 bits per heavy atom. The van der Waals surface area contributed by atoms with Crippen molar-refractivity contribution in [2.75, 3.05) is 0 Å². The van der Waals surface area contributed by atoms with Crippen molar-refractivity contribution in [2.45, 2.75) is 19.5 Å². The fourth-order valence-corrected chi connectivity index (χ4v) is 6.66. The Balaban J connectivity index is 0.000000211. The summed E-state index contributed by atoms with van der Waals surface area (Å²) in [6.07, 6.45) is 0. The third-order valence-electron chi connectivity index (χ3n) is 4.42. The first kappa shape index (κ1) is 24.7.